The first-order valence-electron chi connectivity index (χ1n) is 6.33. The monoisotopic (exact) mass is 504 g/mol. The zero-order valence-electron chi connectivity index (χ0n) is 13.9. The molecule has 2 rings (SSSR count). The number of hydrogen-bond acceptors (Lipinski definition) is 2. The van der Waals surface area contributed by atoms with Gasteiger partial charge in [0.05, 0.1) is 17.4 Å². The van der Waals surface area contributed by atoms with Crippen molar-refractivity contribution in [2.24, 2.45) is 0 Å². The van der Waals surface area contributed by atoms with E-state index in [4.69, 9.17) is 14.0 Å². The van der Waals surface area contributed by atoms with Crippen LogP contribution in [0.4, 0.5) is 25.2 Å². The second-order valence-corrected chi connectivity index (χ2v) is 8.15. The van der Waals surface area contributed by atoms with Gasteiger partial charge in [-0.3, -0.25) is 0 Å². The molecule has 0 bridgehead atoms. The molecule has 1 aromatic carbocycles. The van der Waals surface area contributed by atoms with Crippen molar-refractivity contribution < 1.29 is 64.6 Å². The standard InChI is InChI=1S/C12H11O2S.3CO.F6P.Fe/c13-15(14,11-7-3-1-4-8-11)12-9-5-2-6-10-12;3*1-2;1-7(2,3,4,5)6;/h1-9H,10H2;;;;;/q+1;;;;-1;. The number of allylic oxidation sites excluding steroid dienone is 4. The Kier molecular flexibility index (Phi) is 16.2. The SMILES string of the molecule is F[P-](F)(F)(F)(F)F.O=S(=O)(C1=C[CH+]C=CC1)c1ccccc1.[C-]#[O+].[C-]#[O+].[C-]#[O+].[Fe]. The second kappa shape index (κ2) is 13.5. The van der Waals surface area contributed by atoms with E-state index in [1.54, 1.807) is 42.8 Å². The van der Waals surface area contributed by atoms with Gasteiger partial charge >= 0.3 is 66.9 Å². The first-order valence-corrected chi connectivity index (χ1v) is 9.84. The van der Waals surface area contributed by atoms with Gasteiger partial charge in [0.2, 0.25) is 9.84 Å². The summed E-state index contributed by atoms with van der Waals surface area (Å²) in [4.78, 5) is 0.816. The van der Waals surface area contributed by atoms with Gasteiger partial charge in [-0.25, -0.2) is 8.42 Å². The van der Waals surface area contributed by atoms with E-state index in [0.29, 0.717) is 16.2 Å². The molecule has 162 valence electrons. The molecule has 0 spiro atoms. The minimum Gasteiger partial charge on any atom is 0 e. The van der Waals surface area contributed by atoms with E-state index < -0.39 is 17.6 Å². The van der Waals surface area contributed by atoms with Crippen LogP contribution in [0.1, 0.15) is 6.42 Å². The summed E-state index contributed by atoms with van der Waals surface area (Å²) in [6, 6.07) is 8.51. The van der Waals surface area contributed by atoms with Crippen LogP contribution >= 0.6 is 7.81 Å². The molecule has 0 atom stereocenters. The summed E-state index contributed by atoms with van der Waals surface area (Å²) in [5, 5.41) is 0. The Bertz CT molecular complexity index is 803. The molecule has 29 heavy (non-hydrogen) atoms. The Labute approximate surface area is 173 Å². The van der Waals surface area contributed by atoms with Gasteiger partial charge in [0.1, 0.15) is 0 Å². The summed E-state index contributed by atoms with van der Waals surface area (Å²) in [6.45, 7) is 13.5. The molecular weight excluding hydrogens is 493 g/mol. The molecule has 5 nitrogen and oxygen atoms in total. The molecule has 0 aromatic heterocycles. The summed E-state index contributed by atoms with van der Waals surface area (Å²) in [5.74, 6) is 0. The van der Waals surface area contributed by atoms with E-state index in [-0.39, 0.29) is 17.1 Å². The molecular formula is C15H11F6FeO5PS. The normalized spacial score (nSPS) is 13.9. The van der Waals surface area contributed by atoms with Crippen molar-refractivity contribution in [2.75, 3.05) is 0 Å². The molecule has 0 unspecified atom stereocenters. The fourth-order valence-electron chi connectivity index (χ4n) is 1.44. The van der Waals surface area contributed by atoms with Crippen LogP contribution in [0, 0.1) is 26.4 Å². The smallest absolute Gasteiger partial charge is 0 e. The van der Waals surface area contributed by atoms with Crippen molar-refractivity contribution >= 4 is 17.6 Å². The molecule has 0 aliphatic heterocycles. The summed E-state index contributed by atoms with van der Waals surface area (Å²) in [7, 11) is -13.9. The quantitative estimate of drug-likeness (QED) is 0.168. The van der Waals surface area contributed by atoms with Crippen molar-refractivity contribution in [1.29, 1.82) is 0 Å². The Morgan fingerprint density at radius 3 is 1.55 bits per heavy atom. The van der Waals surface area contributed by atoms with Crippen molar-refractivity contribution in [3.05, 3.63) is 79.8 Å². The van der Waals surface area contributed by atoms with Crippen molar-refractivity contribution in [1.82, 2.24) is 0 Å². The average molecular weight is 504 g/mol. The van der Waals surface area contributed by atoms with Crippen molar-refractivity contribution in [3.8, 4) is 0 Å². The van der Waals surface area contributed by atoms with Crippen LogP contribution in [-0.2, 0) is 40.9 Å². The Morgan fingerprint density at radius 2 is 1.24 bits per heavy atom. The fraction of sp³-hybridized carbons (Fsp3) is 0.0667. The van der Waals surface area contributed by atoms with Crippen LogP contribution in [-0.4, -0.2) is 8.42 Å². The van der Waals surface area contributed by atoms with Gasteiger partial charge in [-0.1, -0.05) is 18.2 Å². The van der Waals surface area contributed by atoms with E-state index in [2.05, 4.69) is 20.0 Å². The first kappa shape index (κ1) is 34.8. The van der Waals surface area contributed by atoms with Crippen molar-refractivity contribution in [3.63, 3.8) is 0 Å². The summed E-state index contributed by atoms with van der Waals surface area (Å²) >= 11 is 0. The van der Waals surface area contributed by atoms with Gasteiger partial charge in [0, 0.05) is 35.6 Å². The second-order valence-electron chi connectivity index (χ2n) is 4.23. The maximum Gasteiger partial charge on any atom is 0 e. The van der Waals surface area contributed by atoms with Crippen molar-refractivity contribution in [2.45, 2.75) is 11.3 Å². The molecule has 1 aliphatic rings. The summed E-state index contributed by atoms with van der Waals surface area (Å²) < 4.78 is 106. The molecule has 1 aliphatic carbocycles. The van der Waals surface area contributed by atoms with Crippen LogP contribution in [0.15, 0.2) is 58.4 Å². The Balaban J connectivity index is -0.000000191. The number of benzene rings is 1. The molecule has 0 N–H and O–H groups in total. The predicted octanol–water partition coefficient (Wildman–Crippen LogP) is 5.78. The number of hydrogen-bond donors (Lipinski definition) is 0. The molecule has 0 heterocycles. The topological polar surface area (TPSA) is 93.8 Å². The van der Waals surface area contributed by atoms with E-state index in [1.165, 1.54) is 0 Å². The van der Waals surface area contributed by atoms with Gasteiger partial charge in [0.15, 0.2) is 4.91 Å². The van der Waals surface area contributed by atoms with Crippen LogP contribution in [0.5, 0.6) is 0 Å². The van der Waals surface area contributed by atoms with E-state index in [9.17, 15) is 33.6 Å². The molecule has 14 heteroatoms. The molecule has 0 amide bonds. The number of halogens is 6. The zero-order chi connectivity index (χ0) is 23.1. The van der Waals surface area contributed by atoms with E-state index in [1.807, 2.05) is 12.2 Å². The van der Waals surface area contributed by atoms with E-state index >= 15 is 0 Å². The fourth-order valence-corrected chi connectivity index (χ4v) is 2.84. The van der Waals surface area contributed by atoms with Gasteiger partial charge < -0.3 is 0 Å². The maximum atomic E-state index is 12.1. The molecule has 0 saturated carbocycles. The Hall–Kier alpha value is -1.73. The van der Waals surface area contributed by atoms with Crippen LogP contribution < -0.4 is 0 Å². The van der Waals surface area contributed by atoms with Gasteiger partial charge in [-0.15, -0.1) is 0 Å². The number of rotatable bonds is 2. The molecule has 0 fully saturated rings. The van der Waals surface area contributed by atoms with Crippen LogP contribution in [0.2, 0.25) is 0 Å². The zero-order valence-corrected chi connectivity index (χ0v) is 16.7. The van der Waals surface area contributed by atoms with Gasteiger partial charge in [-0.05, 0) is 12.1 Å². The Morgan fingerprint density at radius 1 is 0.862 bits per heavy atom. The third-order valence-electron chi connectivity index (χ3n) is 2.25. The minimum atomic E-state index is -10.7. The first-order chi connectivity index (χ1) is 12.7. The maximum absolute atomic E-state index is 12.1. The average Bonchev–Trinajstić information content (AvgIpc) is 2.65. The summed E-state index contributed by atoms with van der Waals surface area (Å²) in [6.07, 6.45) is 7.58. The third kappa shape index (κ3) is 22.4. The predicted molar refractivity (Wildman–Crippen MR) is 85.1 cm³/mol. The largest absolute Gasteiger partial charge is 0 e. The van der Waals surface area contributed by atoms with Crippen LogP contribution in [0.3, 0.4) is 0 Å². The minimum absolute atomic E-state index is 0. The van der Waals surface area contributed by atoms with Gasteiger partial charge in [-0.2, -0.15) is 0 Å². The third-order valence-corrected chi connectivity index (χ3v) is 4.13. The number of sulfone groups is 1. The molecule has 0 radical (unpaired) electrons. The molecule has 0 saturated heterocycles. The van der Waals surface area contributed by atoms with Crippen LogP contribution in [0.25, 0.3) is 0 Å². The summed E-state index contributed by atoms with van der Waals surface area (Å²) in [5.41, 5.74) is 0. The van der Waals surface area contributed by atoms with E-state index in [0.717, 1.165) is 0 Å². The van der Waals surface area contributed by atoms with Gasteiger partial charge in [0.25, 0.3) is 0 Å². The molecule has 1 aromatic rings.